The van der Waals surface area contributed by atoms with Gasteiger partial charge < -0.3 is 9.84 Å². The molecule has 0 bridgehead atoms. The molecule has 0 atom stereocenters. The number of amides is 1. The number of carbonyl (C=O) groups is 1. The number of carbonyl (C=O) groups excluding carboxylic acids is 1. The van der Waals surface area contributed by atoms with Crippen LogP contribution < -0.4 is 5.32 Å². The molecule has 3 rings (SSSR count). The molecule has 3 aromatic rings. The van der Waals surface area contributed by atoms with Crippen LogP contribution in [0.4, 0.5) is 10.6 Å². The average Bonchev–Trinajstić information content (AvgIpc) is 3.03. The third-order valence-corrected chi connectivity index (χ3v) is 4.52. The number of hydrogen-bond acceptors (Lipinski definition) is 4. The van der Waals surface area contributed by atoms with Gasteiger partial charge in [0.15, 0.2) is 0 Å². The van der Waals surface area contributed by atoms with Gasteiger partial charge in [0.05, 0.1) is 19.4 Å². The fourth-order valence-electron chi connectivity index (χ4n) is 2.70. The Hall–Kier alpha value is -2.83. The predicted molar refractivity (Wildman–Crippen MR) is 105 cm³/mol. The van der Waals surface area contributed by atoms with Crippen molar-refractivity contribution in [3.63, 3.8) is 0 Å². The van der Waals surface area contributed by atoms with Gasteiger partial charge in [0.25, 0.3) is 0 Å². The smallest absolute Gasteiger partial charge is 0.412 e. The lowest BCUT2D eigenvalue weighted by Crippen LogP contribution is -2.17. The molecule has 27 heavy (non-hydrogen) atoms. The van der Waals surface area contributed by atoms with Crippen molar-refractivity contribution < 1.29 is 14.6 Å². The van der Waals surface area contributed by atoms with Gasteiger partial charge in [-0.15, -0.1) is 0 Å². The zero-order chi connectivity index (χ0) is 19.2. The molecule has 140 valence electrons. The number of rotatable bonds is 6. The molecular formula is C20H20ClN3O3. The van der Waals surface area contributed by atoms with Crippen LogP contribution in [0, 0.1) is 0 Å². The van der Waals surface area contributed by atoms with Crippen molar-refractivity contribution in [1.29, 1.82) is 0 Å². The maximum absolute atomic E-state index is 12.2. The first-order valence-corrected chi connectivity index (χ1v) is 8.85. The number of nitrogens with zero attached hydrogens (tertiary/aromatic N) is 2. The van der Waals surface area contributed by atoms with E-state index in [2.05, 4.69) is 10.4 Å². The molecule has 0 saturated heterocycles. The van der Waals surface area contributed by atoms with Crippen LogP contribution in [0.15, 0.2) is 54.7 Å². The summed E-state index contributed by atoms with van der Waals surface area (Å²) in [5.41, 5.74) is 3.21. The Kier molecular flexibility index (Phi) is 6.11. The molecule has 2 aromatic carbocycles. The van der Waals surface area contributed by atoms with Gasteiger partial charge in [-0.05, 0) is 28.8 Å². The fourth-order valence-corrected chi connectivity index (χ4v) is 2.88. The van der Waals surface area contributed by atoms with Crippen LogP contribution in [0.2, 0.25) is 5.02 Å². The van der Waals surface area contributed by atoms with Gasteiger partial charge in [0.2, 0.25) is 0 Å². The largest absolute Gasteiger partial charge is 0.449 e. The summed E-state index contributed by atoms with van der Waals surface area (Å²) in [5, 5.41) is 16.8. The number of nitrogens with one attached hydrogen (secondary N) is 1. The molecule has 0 aliphatic heterocycles. The molecule has 0 fully saturated rings. The quantitative estimate of drug-likeness (QED) is 0.671. The summed E-state index contributed by atoms with van der Waals surface area (Å²) in [6, 6.07) is 15.1. The summed E-state index contributed by atoms with van der Waals surface area (Å²) >= 11 is 6.05. The van der Waals surface area contributed by atoms with E-state index in [4.69, 9.17) is 16.3 Å². The molecule has 2 N–H and O–H groups in total. The lowest BCUT2D eigenvalue weighted by atomic mass is 10.1. The van der Waals surface area contributed by atoms with E-state index in [0.717, 1.165) is 11.1 Å². The molecule has 1 amide bonds. The monoisotopic (exact) mass is 385 g/mol. The highest BCUT2D eigenvalue weighted by Gasteiger charge is 2.15. The molecule has 0 aliphatic carbocycles. The normalized spacial score (nSPS) is 10.6. The minimum absolute atomic E-state index is 0.169. The number of ether oxygens (including phenoxy) is 1. The van der Waals surface area contributed by atoms with Gasteiger partial charge in [0, 0.05) is 24.1 Å². The highest BCUT2D eigenvalue weighted by molar-refractivity contribution is 6.31. The number of hydrogen-bond donors (Lipinski definition) is 2. The molecule has 0 radical (unpaired) electrons. The Morgan fingerprint density at radius 2 is 2.04 bits per heavy atom. The molecule has 6 nitrogen and oxygen atoms in total. The minimum atomic E-state index is -0.549. The zero-order valence-corrected chi connectivity index (χ0v) is 15.6. The number of aliphatic hydroxyl groups is 1. The van der Waals surface area contributed by atoms with Crippen LogP contribution in [-0.4, -0.2) is 27.6 Å². The van der Waals surface area contributed by atoms with E-state index in [1.165, 1.54) is 0 Å². The number of benzene rings is 2. The highest BCUT2D eigenvalue weighted by atomic mass is 35.5. The summed E-state index contributed by atoms with van der Waals surface area (Å²) in [6.45, 7) is 0.107. The van der Waals surface area contributed by atoms with E-state index in [0.29, 0.717) is 28.4 Å². The minimum Gasteiger partial charge on any atom is -0.449 e. The lowest BCUT2D eigenvalue weighted by Gasteiger charge is -2.10. The van der Waals surface area contributed by atoms with Gasteiger partial charge in [0.1, 0.15) is 5.82 Å². The molecule has 0 spiro atoms. The Morgan fingerprint density at radius 3 is 2.78 bits per heavy atom. The summed E-state index contributed by atoms with van der Waals surface area (Å²) in [7, 11) is 1.73. The first-order valence-electron chi connectivity index (χ1n) is 8.48. The standard InChI is InChI=1S/C20H20ClN3O3/c1-24-19(23-20(26)27-10-9-14-5-3-2-4-6-14)17(12-22-24)15-7-8-18(21)16(11-15)13-25/h2-8,11-12,25H,9-10,13H2,1H3,(H,23,26). The van der Waals surface area contributed by atoms with Gasteiger partial charge in [-0.2, -0.15) is 5.10 Å². The van der Waals surface area contributed by atoms with E-state index >= 15 is 0 Å². The average molecular weight is 386 g/mol. The zero-order valence-electron chi connectivity index (χ0n) is 14.9. The molecule has 0 saturated carbocycles. The second-order valence-corrected chi connectivity index (χ2v) is 6.40. The molecule has 7 heteroatoms. The molecule has 0 unspecified atom stereocenters. The van der Waals surface area contributed by atoms with Crippen LogP contribution in [0.3, 0.4) is 0 Å². The van der Waals surface area contributed by atoms with Gasteiger partial charge in [-0.1, -0.05) is 48.0 Å². The van der Waals surface area contributed by atoms with Crippen LogP contribution in [0.25, 0.3) is 11.1 Å². The number of aliphatic hydroxyl groups excluding tert-OH is 1. The van der Waals surface area contributed by atoms with Crippen molar-refractivity contribution in [1.82, 2.24) is 9.78 Å². The summed E-state index contributed by atoms with van der Waals surface area (Å²) in [4.78, 5) is 12.2. The Morgan fingerprint density at radius 1 is 1.26 bits per heavy atom. The van der Waals surface area contributed by atoms with Crippen LogP contribution in [0.5, 0.6) is 0 Å². The van der Waals surface area contributed by atoms with Crippen LogP contribution >= 0.6 is 11.6 Å². The maximum Gasteiger partial charge on any atom is 0.412 e. The Balaban J connectivity index is 1.68. The Bertz CT molecular complexity index is 925. The Labute approximate surface area is 162 Å². The predicted octanol–water partition coefficient (Wildman–Crippen LogP) is 4.02. The molecule has 1 heterocycles. The maximum atomic E-state index is 12.2. The SMILES string of the molecule is Cn1ncc(-c2ccc(Cl)c(CO)c2)c1NC(=O)OCCc1ccccc1. The van der Waals surface area contributed by atoms with Gasteiger partial charge in [-0.3, -0.25) is 10.00 Å². The van der Waals surface area contributed by atoms with Crippen LogP contribution in [-0.2, 0) is 24.8 Å². The van der Waals surface area contributed by atoms with Gasteiger partial charge >= 0.3 is 6.09 Å². The molecular weight excluding hydrogens is 366 g/mol. The van der Waals surface area contributed by atoms with E-state index in [1.807, 2.05) is 36.4 Å². The van der Waals surface area contributed by atoms with Crippen LogP contribution in [0.1, 0.15) is 11.1 Å². The number of aromatic nitrogens is 2. The summed E-state index contributed by atoms with van der Waals surface area (Å²) in [6.07, 6.45) is 1.74. The van der Waals surface area contributed by atoms with E-state index in [9.17, 15) is 9.90 Å². The van der Waals surface area contributed by atoms with E-state index in [-0.39, 0.29) is 13.2 Å². The number of halogens is 1. The summed E-state index contributed by atoms with van der Waals surface area (Å²) in [5.74, 6) is 0.505. The lowest BCUT2D eigenvalue weighted by molar-refractivity contribution is 0.162. The van der Waals surface area contributed by atoms with Crippen molar-refractivity contribution in [2.45, 2.75) is 13.0 Å². The van der Waals surface area contributed by atoms with E-state index in [1.54, 1.807) is 30.1 Å². The molecule has 0 aliphatic rings. The van der Waals surface area contributed by atoms with Crippen molar-refractivity contribution in [2.75, 3.05) is 11.9 Å². The van der Waals surface area contributed by atoms with Crippen molar-refractivity contribution in [2.24, 2.45) is 7.05 Å². The highest BCUT2D eigenvalue weighted by Crippen LogP contribution is 2.30. The fraction of sp³-hybridized carbons (Fsp3) is 0.200. The third kappa shape index (κ3) is 4.67. The third-order valence-electron chi connectivity index (χ3n) is 4.15. The van der Waals surface area contributed by atoms with Crippen molar-refractivity contribution in [3.05, 3.63) is 70.9 Å². The van der Waals surface area contributed by atoms with Crippen molar-refractivity contribution in [3.8, 4) is 11.1 Å². The molecule has 1 aromatic heterocycles. The first-order chi connectivity index (χ1) is 13.1. The first kappa shape index (κ1) is 18.9. The van der Waals surface area contributed by atoms with Crippen molar-refractivity contribution >= 4 is 23.5 Å². The topological polar surface area (TPSA) is 76.4 Å². The second kappa shape index (κ2) is 8.70. The number of aryl methyl sites for hydroxylation is 1. The van der Waals surface area contributed by atoms with E-state index < -0.39 is 6.09 Å². The summed E-state index contributed by atoms with van der Waals surface area (Å²) < 4.78 is 6.83. The number of anilines is 1. The van der Waals surface area contributed by atoms with Gasteiger partial charge in [-0.25, -0.2) is 4.79 Å². The second-order valence-electron chi connectivity index (χ2n) is 5.99.